The summed E-state index contributed by atoms with van der Waals surface area (Å²) in [6.45, 7) is 0. The molecule has 0 radical (unpaired) electrons. The summed E-state index contributed by atoms with van der Waals surface area (Å²) in [5, 5.41) is 23.1. The Labute approximate surface area is 241 Å². The van der Waals surface area contributed by atoms with Gasteiger partial charge in [-0.05, 0) is 80.9 Å². The van der Waals surface area contributed by atoms with E-state index in [4.69, 9.17) is 9.47 Å². The molecule has 0 heterocycles. The average Bonchev–Trinajstić information content (AvgIpc) is 3.75. The standard InChI is InChI=1S/C36H26O6/c1-41-33-29-25-13-27(23-11-19-7-17(35(37)38)5-3-15(19)9-21(23)25)31(29)34(42-2)32-28-14-26(30(32)33)22-10-16-4-6-18(36(39)40)8-20(16)12-24(22)28/h3-12,25-28H,13-14H2,1-2H3,(H,37,38)(H,39,40)/t25-,26+,27+,28-. The minimum Gasteiger partial charge on any atom is -0.496 e. The summed E-state index contributed by atoms with van der Waals surface area (Å²) in [6.07, 6.45) is 1.90. The van der Waals surface area contributed by atoms with E-state index in [-0.39, 0.29) is 23.7 Å². The van der Waals surface area contributed by atoms with Gasteiger partial charge in [-0.2, -0.15) is 0 Å². The maximum atomic E-state index is 11.6. The number of carboxylic acid groups (broad SMARTS) is 2. The van der Waals surface area contributed by atoms with Crippen LogP contribution in [0.4, 0.5) is 0 Å². The van der Waals surface area contributed by atoms with Crippen molar-refractivity contribution in [3.05, 3.63) is 116 Å². The van der Waals surface area contributed by atoms with Crippen LogP contribution in [0.25, 0.3) is 21.5 Å². The van der Waals surface area contributed by atoms with Crippen LogP contribution in [0, 0.1) is 0 Å². The molecule has 0 aromatic heterocycles. The second-order valence-electron chi connectivity index (χ2n) is 12.1. The van der Waals surface area contributed by atoms with E-state index in [1.165, 1.54) is 44.5 Å². The van der Waals surface area contributed by atoms with Crippen LogP contribution < -0.4 is 9.47 Å². The molecular formula is C36H26O6. The third-order valence-electron chi connectivity index (χ3n) is 10.4. The molecule has 5 aromatic rings. The van der Waals surface area contributed by atoms with Crippen LogP contribution in [0.5, 0.6) is 11.5 Å². The van der Waals surface area contributed by atoms with Gasteiger partial charge in [-0.3, -0.25) is 0 Å². The molecule has 5 aromatic carbocycles. The number of methoxy groups -OCH3 is 2. The Morgan fingerprint density at radius 1 is 0.548 bits per heavy atom. The van der Waals surface area contributed by atoms with Crippen LogP contribution in [0.1, 0.15) is 102 Å². The van der Waals surface area contributed by atoms with E-state index in [1.807, 2.05) is 12.1 Å². The Hall–Kier alpha value is -4.84. The summed E-state index contributed by atoms with van der Waals surface area (Å²) in [4.78, 5) is 23.3. The van der Waals surface area contributed by atoms with Gasteiger partial charge in [0.2, 0.25) is 0 Å². The van der Waals surface area contributed by atoms with Gasteiger partial charge in [-0.25, -0.2) is 9.59 Å². The quantitative estimate of drug-likeness (QED) is 0.241. The molecule has 6 heteroatoms. The number of carboxylic acids is 2. The highest BCUT2D eigenvalue weighted by Gasteiger charge is 2.52. The van der Waals surface area contributed by atoms with Crippen molar-refractivity contribution < 1.29 is 29.3 Å². The van der Waals surface area contributed by atoms with E-state index in [9.17, 15) is 19.8 Å². The van der Waals surface area contributed by atoms with Gasteiger partial charge in [0.1, 0.15) is 11.5 Å². The molecular weight excluding hydrogens is 528 g/mol. The minimum absolute atomic E-state index is 0.153. The van der Waals surface area contributed by atoms with Crippen LogP contribution >= 0.6 is 0 Å². The molecule has 0 aliphatic heterocycles. The van der Waals surface area contributed by atoms with Crippen molar-refractivity contribution >= 4 is 33.5 Å². The molecule has 2 N–H and O–H groups in total. The van der Waals surface area contributed by atoms with E-state index in [0.717, 1.165) is 45.9 Å². The maximum absolute atomic E-state index is 11.6. The molecule has 4 aliphatic carbocycles. The fourth-order valence-corrected chi connectivity index (χ4v) is 8.81. The Kier molecular flexibility index (Phi) is 4.49. The third-order valence-corrected chi connectivity index (χ3v) is 10.4. The van der Waals surface area contributed by atoms with Gasteiger partial charge in [0.25, 0.3) is 0 Å². The van der Waals surface area contributed by atoms with Crippen molar-refractivity contribution in [3.63, 3.8) is 0 Å². The van der Waals surface area contributed by atoms with E-state index >= 15 is 0 Å². The van der Waals surface area contributed by atoms with Crippen molar-refractivity contribution in [1.29, 1.82) is 0 Å². The monoisotopic (exact) mass is 554 g/mol. The van der Waals surface area contributed by atoms with Gasteiger partial charge in [0.05, 0.1) is 25.3 Å². The van der Waals surface area contributed by atoms with Gasteiger partial charge >= 0.3 is 11.9 Å². The third kappa shape index (κ3) is 2.79. The van der Waals surface area contributed by atoms with Gasteiger partial charge in [-0.1, -0.05) is 36.4 Å². The molecule has 0 amide bonds. The molecule has 0 fully saturated rings. The molecule has 42 heavy (non-hydrogen) atoms. The lowest BCUT2D eigenvalue weighted by atomic mass is 9.76. The first-order chi connectivity index (χ1) is 20.4. The topological polar surface area (TPSA) is 93.1 Å². The van der Waals surface area contributed by atoms with Gasteiger partial charge in [-0.15, -0.1) is 0 Å². The number of hydrogen-bond donors (Lipinski definition) is 2. The molecule has 9 rings (SSSR count). The average molecular weight is 555 g/mol. The van der Waals surface area contributed by atoms with Crippen LogP contribution in [-0.4, -0.2) is 36.4 Å². The van der Waals surface area contributed by atoms with Gasteiger partial charge in [0, 0.05) is 45.9 Å². The molecule has 0 saturated carbocycles. The summed E-state index contributed by atoms with van der Waals surface area (Å²) in [7, 11) is 3.55. The van der Waals surface area contributed by atoms with Crippen LogP contribution in [-0.2, 0) is 0 Å². The van der Waals surface area contributed by atoms with Crippen molar-refractivity contribution in [3.8, 4) is 11.5 Å². The fourth-order valence-electron chi connectivity index (χ4n) is 8.81. The summed E-state index contributed by atoms with van der Waals surface area (Å²) >= 11 is 0. The largest absolute Gasteiger partial charge is 0.496 e. The van der Waals surface area contributed by atoms with Crippen LogP contribution in [0.2, 0.25) is 0 Å². The molecule has 0 saturated heterocycles. The Morgan fingerprint density at radius 3 is 1.19 bits per heavy atom. The minimum atomic E-state index is -0.923. The summed E-state index contributed by atoms with van der Waals surface area (Å²) in [5.74, 6) is 0.795. The van der Waals surface area contributed by atoms with Crippen LogP contribution in [0.15, 0.2) is 60.7 Å². The number of aromatic carboxylic acids is 2. The lowest BCUT2D eigenvalue weighted by Crippen LogP contribution is -2.14. The second kappa shape index (κ2) is 7.91. The van der Waals surface area contributed by atoms with E-state index < -0.39 is 11.9 Å². The molecule has 4 atom stereocenters. The highest BCUT2D eigenvalue weighted by Crippen LogP contribution is 2.69. The van der Waals surface area contributed by atoms with E-state index in [1.54, 1.807) is 38.5 Å². The van der Waals surface area contributed by atoms with Crippen molar-refractivity contribution in [2.75, 3.05) is 14.2 Å². The highest BCUT2D eigenvalue weighted by molar-refractivity contribution is 5.97. The zero-order valence-electron chi connectivity index (χ0n) is 23.0. The lowest BCUT2D eigenvalue weighted by Gasteiger charge is -2.31. The lowest BCUT2D eigenvalue weighted by molar-refractivity contribution is 0.0686. The molecule has 0 spiro atoms. The first-order valence-electron chi connectivity index (χ1n) is 14.3. The Balaban J connectivity index is 1.25. The summed E-state index contributed by atoms with van der Waals surface area (Å²) in [6, 6.07) is 19.5. The Morgan fingerprint density at radius 2 is 0.881 bits per heavy atom. The smallest absolute Gasteiger partial charge is 0.335 e. The van der Waals surface area contributed by atoms with Gasteiger partial charge < -0.3 is 19.7 Å². The number of carbonyl (C=O) groups is 2. The van der Waals surface area contributed by atoms with E-state index in [2.05, 4.69) is 24.3 Å². The number of benzene rings is 5. The normalized spacial score (nSPS) is 21.8. The first kappa shape index (κ1) is 23.8. The van der Waals surface area contributed by atoms with Crippen LogP contribution in [0.3, 0.4) is 0 Å². The Bertz CT molecular complexity index is 1960. The fraction of sp³-hybridized carbons (Fsp3) is 0.222. The zero-order valence-corrected chi connectivity index (χ0v) is 23.0. The molecule has 4 bridgehead atoms. The predicted molar refractivity (Wildman–Crippen MR) is 158 cm³/mol. The number of rotatable bonds is 4. The number of fused-ring (bicyclic) bond motifs is 18. The van der Waals surface area contributed by atoms with Crippen molar-refractivity contribution in [1.82, 2.24) is 0 Å². The second-order valence-corrected chi connectivity index (χ2v) is 12.1. The first-order valence-corrected chi connectivity index (χ1v) is 14.3. The summed E-state index contributed by atoms with van der Waals surface area (Å²) in [5.41, 5.74) is 10.6. The molecule has 6 nitrogen and oxygen atoms in total. The SMILES string of the molecule is COc1c2c(c(OC)c3c1[C@H]1C[C@@H]3c3cc4cc(C(=O)O)ccc4cc31)[C@H]1C[C@@H]2c2cc3ccc(C(=O)O)cc3cc21. The number of hydrogen-bond acceptors (Lipinski definition) is 4. The summed E-state index contributed by atoms with van der Waals surface area (Å²) < 4.78 is 12.6. The highest BCUT2D eigenvalue weighted by atomic mass is 16.5. The van der Waals surface area contributed by atoms with E-state index in [0.29, 0.717) is 11.1 Å². The molecule has 206 valence electrons. The maximum Gasteiger partial charge on any atom is 0.335 e. The molecule has 4 aliphatic rings. The zero-order chi connectivity index (χ0) is 28.6. The van der Waals surface area contributed by atoms with Crippen molar-refractivity contribution in [2.24, 2.45) is 0 Å². The van der Waals surface area contributed by atoms with Gasteiger partial charge in [0.15, 0.2) is 0 Å². The number of ether oxygens (including phenoxy) is 2. The molecule has 0 unspecified atom stereocenters. The predicted octanol–water partition coefficient (Wildman–Crippen LogP) is 7.37. The van der Waals surface area contributed by atoms with Crippen molar-refractivity contribution in [2.45, 2.75) is 36.5 Å².